The first-order chi connectivity index (χ1) is 14.8. The van der Waals surface area contributed by atoms with E-state index in [0.29, 0.717) is 34.6 Å². The summed E-state index contributed by atoms with van der Waals surface area (Å²) in [7, 11) is 0. The number of carbonyl (C=O) groups is 1. The maximum Gasteiger partial charge on any atom is 0.347 e. The second-order valence-corrected chi connectivity index (χ2v) is 8.15. The molecule has 1 heterocycles. The SMILES string of the molecule is CCOC(=O)[C@H](C)Oc1cccc(C=Nn2c(C(C)C)nc3ccc(Br)cc3c2=O)c1. The third-order valence-electron chi connectivity index (χ3n) is 4.46. The number of benzene rings is 2. The number of esters is 1. The van der Waals surface area contributed by atoms with Crippen molar-refractivity contribution < 1.29 is 14.3 Å². The highest BCUT2D eigenvalue weighted by atomic mass is 79.9. The highest BCUT2D eigenvalue weighted by molar-refractivity contribution is 9.10. The van der Waals surface area contributed by atoms with Gasteiger partial charge in [0.1, 0.15) is 11.6 Å². The van der Waals surface area contributed by atoms with Gasteiger partial charge in [0.15, 0.2) is 6.10 Å². The molecule has 0 saturated carbocycles. The van der Waals surface area contributed by atoms with E-state index < -0.39 is 12.1 Å². The van der Waals surface area contributed by atoms with E-state index in [2.05, 4.69) is 26.0 Å². The molecule has 0 bridgehead atoms. The normalized spacial score (nSPS) is 12.5. The summed E-state index contributed by atoms with van der Waals surface area (Å²) < 4.78 is 12.7. The van der Waals surface area contributed by atoms with Crippen LogP contribution in [-0.4, -0.2) is 34.6 Å². The molecule has 0 aliphatic rings. The minimum atomic E-state index is -0.731. The topological polar surface area (TPSA) is 82.8 Å². The van der Waals surface area contributed by atoms with E-state index in [4.69, 9.17) is 9.47 Å². The second kappa shape index (κ2) is 9.87. The van der Waals surface area contributed by atoms with E-state index in [1.165, 1.54) is 4.68 Å². The Morgan fingerprint density at radius 2 is 2.00 bits per heavy atom. The minimum absolute atomic E-state index is 0.00186. The van der Waals surface area contributed by atoms with Gasteiger partial charge in [-0.1, -0.05) is 41.9 Å². The molecule has 2 aromatic carbocycles. The van der Waals surface area contributed by atoms with Crippen LogP contribution >= 0.6 is 15.9 Å². The standard InChI is InChI=1S/C23H24BrN3O4/c1-5-30-23(29)15(4)31-18-8-6-7-16(11-18)13-25-27-21(14(2)3)26-20-10-9-17(24)12-19(20)22(27)28/h6-15H,5H2,1-4H3/t15-/m0/s1. The molecule has 1 atom stereocenters. The summed E-state index contributed by atoms with van der Waals surface area (Å²) >= 11 is 3.40. The highest BCUT2D eigenvalue weighted by Gasteiger charge is 2.16. The zero-order valence-corrected chi connectivity index (χ0v) is 19.4. The van der Waals surface area contributed by atoms with Gasteiger partial charge in [-0.3, -0.25) is 4.79 Å². The predicted octanol–water partition coefficient (Wildman–Crippen LogP) is 4.50. The van der Waals surface area contributed by atoms with Gasteiger partial charge in [-0.25, -0.2) is 9.78 Å². The van der Waals surface area contributed by atoms with Gasteiger partial charge in [0.25, 0.3) is 5.56 Å². The van der Waals surface area contributed by atoms with Crippen molar-refractivity contribution in [3.8, 4) is 5.75 Å². The smallest absolute Gasteiger partial charge is 0.347 e. The summed E-state index contributed by atoms with van der Waals surface area (Å²) in [6, 6.07) is 12.5. The summed E-state index contributed by atoms with van der Waals surface area (Å²) in [5.41, 5.74) is 1.10. The second-order valence-electron chi connectivity index (χ2n) is 7.23. The van der Waals surface area contributed by atoms with Crippen LogP contribution in [0, 0.1) is 0 Å². The van der Waals surface area contributed by atoms with E-state index in [1.54, 1.807) is 44.3 Å². The number of ether oxygens (including phenoxy) is 2. The van der Waals surface area contributed by atoms with Gasteiger partial charge in [-0.05, 0) is 49.7 Å². The van der Waals surface area contributed by atoms with Crippen LogP contribution in [-0.2, 0) is 9.53 Å². The lowest BCUT2D eigenvalue weighted by atomic mass is 10.2. The van der Waals surface area contributed by atoms with Crippen LogP contribution in [0.1, 0.15) is 45.0 Å². The lowest BCUT2D eigenvalue weighted by Crippen LogP contribution is -2.26. The van der Waals surface area contributed by atoms with Gasteiger partial charge in [0.05, 0.1) is 23.7 Å². The van der Waals surface area contributed by atoms with Crippen molar-refractivity contribution in [1.29, 1.82) is 0 Å². The maximum atomic E-state index is 13.1. The molecule has 3 aromatic rings. The Kier molecular flexibility index (Phi) is 7.22. The first-order valence-corrected chi connectivity index (χ1v) is 10.8. The number of hydrogen-bond donors (Lipinski definition) is 0. The summed E-state index contributed by atoms with van der Waals surface area (Å²) in [5.74, 6) is 0.641. The Hall–Kier alpha value is -3.00. The zero-order valence-electron chi connectivity index (χ0n) is 17.8. The zero-order chi connectivity index (χ0) is 22.5. The summed E-state index contributed by atoms with van der Waals surface area (Å²) in [6.07, 6.45) is 0.839. The largest absolute Gasteiger partial charge is 0.479 e. The summed E-state index contributed by atoms with van der Waals surface area (Å²) in [6.45, 7) is 7.59. The Bertz CT molecular complexity index is 1190. The first kappa shape index (κ1) is 22.7. The van der Waals surface area contributed by atoms with Gasteiger partial charge < -0.3 is 9.47 Å². The number of carbonyl (C=O) groups excluding carboxylic acids is 1. The molecule has 0 amide bonds. The molecule has 0 aliphatic carbocycles. The van der Waals surface area contributed by atoms with Crippen molar-refractivity contribution in [2.45, 2.75) is 39.7 Å². The number of nitrogens with zero attached hydrogens (tertiary/aromatic N) is 3. The average molecular weight is 486 g/mol. The minimum Gasteiger partial charge on any atom is -0.479 e. The van der Waals surface area contributed by atoms with Gasteiger partial charge in [-0.15, -0.1) is 0 Å². The van der Waals surface area contributed by atoms with Gasteiger partial charge in [-0.2, -0.15) is 9.78 Å². The van der Waals surface area contributed by atoms with Gasteiger partial charge >= 0.3 is 5.97 Å². The quantitative estimate of drug-likeness (QED) is 0.363. The molecule has 0 aliphatic heterocycles. The van der Waals surface area contributed by atoms with Gasteiger partial charge in [0, 0.05) is 10.4 Å². The van der Waals surface area contributed by atoms with Crippen LogP contribution in [0.25, 0.3) is 10.9 Å². The number of rotatable bonds is 7. The number of aromatic nitrogens is 2. The van der Waals surface area contributed by atoms with Crippen molar-refractivity contribution in [2.24, 2.45) is 5.10 Å². The molecule has 7 nitrogen and oxygen atoms in total. The van der Waals surface area contributed by atoms with Crippen LogP contribution in [0.2, 0.25) is 0 Å². The van der Waals surface area contributed by atoms with E-state index >= 15 is 0 Å². The Morgan fingerprint density at radius 3 is 2.71 bits per heavy atom. The highest BCUT2D eigenvalue weighted by Crippen LogP contribution is 2.19. The Balaban J connectivity index is 1.94. The summed E-state index contributed by atoms with van der Waals surface area (Å²) in [4.78, 5) is 29.5. The lowest BCUT2D eigenvalue weighted by molar-refractivity contribution is -0.150. The van der Waals surface area contributed by atoms with Gasteiger partial charge in [0.2, 0.25) is 0 Å². The fourth-order valence-corrected chi connectivity index (χ4v) is 3.32. The molecule has 0 fully saturated rings. The molecule has 0 radical (unpaired) electrons. The molecule has 8 heteroatoms. The molecule has 3 rings (SSSR count). The van der Waals surface area contributed by atoms with Crippen LogP contribution in [0.15, 0.2) is 56.8 Å². The molecule has 1 aromatic heterocycles. The van der Waals surface area contributed by atoms with Crippen molar-refractivity contribution in [1.82, 2.24) is 9.66 Å². The number of hydrogen-bond acceptors (Lipinski definition) is 6. The molecule has 0 N–H and O–H groups in total. The van der Waals surface area contributed by atoms with E-state index in [1.807, 2.05) is 32.0 Å². The van der Waals surface area contributed by atoms with E-state index in [-0.39, 0.29) is 11.5 Å². The van der Waals surface area contributed by atoms with E-state index in [0.717, 1.165) is 4.47 Å². The summed E-state index contributed by atoms with van der Waals surface area (Å²) in [5, 5.41) is 4.90. The molecule has 31 heavy (non-hydrogen) atoms. The fraction of sp³-hybridized carbons (Fsp3) is 0.304. The molecule has 0 spiro atoms. The number of fused-ring (bicyclic) bond motifs is 1. The predicted molar refractivity (Wildman–Crippen MR) is 124 cm³/mol. The van der Waals surface area contributed by atoms with Crippen LogP contribution in [0.5, 0.6) is 5.75 Å². The maximum absolute atomic E-state index is 13.1. The van der Waals surface area contributed by atoms with Crippen molar-refractivity contribution >= 4 is 39.0 Å². The van der Waals surface area contributed by atoms with Crippen LogP contribution < -0.4 is 10.3 Å². The molecular weight excluding hydrogens is 462 g/mol. The Labute approximate surface area is 188 Å². The van der Waals surface area contributed by atoms with Crippen molar-refractivity contribution in [3.05, 3.63) is 68.7 Å². The van der Waals surface area contributed by atoms with Crippen LogP contribution in [0.4, 0.5) is 0 Å². The van der Waals surface area contributed by atoms with Crippen molar-refractivity contribution in [2.75, 3.05) is 6.61 Å². The lowest BCUT2D eigenvalue weighted by Gasteiger charge is -2.14. The van der Waals surface area contributed by atoms with E-state index in [9.17, 15) is 9.59 Å². The molecule has 0 unspecified atom stereocenters. The molecule has 0 saturated heterocycles. The monoisotopic (exact) mass is 485 g/mol. The Morgan fingerprint density at radius 1 is 1.23 bits per heavy atom. The average Bonchev–Trinajstić information content (AvgIpc) is 2.73. The molecule has 162 valence electrons. The fourth-order valence-electron chi connectivity index (χ4n) is 2.96. The molecular formula is C23H24BrN3O4. The van der Waals surface area contributed by atoms with Crippen LogP contribution in [0.3, 0.4) is 0 Å². The third-order valence-corrected chi connectivity index (χ3v) is 4.95. The van der Waals surface area contributed by atoms with Crippen molar-refractivity contribution in [3.63, 3.8) is 0 Å². The number of halogens is 1. The third kappa shape index (κ3) is 5.38. The first-order valence-electron chi connectivity index (χ1n) is 10.00.